The van der Waals surface area contributed by atoms with E-state index in [2.05, 4.69) is 15.6 Å². The van der Waals surface area contributed by atoms with E-state index in [1.807, 2.05) is 6.07 Å². The first-order chi connectivity index (χ1) is 10.6. The molecule has 0 saturated heterocycles. The molecule has 2 aromatic rings. The fourth-order valence-corrected chi connectivity index (χ4v) is 1.79. The first-order valence-electron chi connectivity index (χ1n) is 6.79. The lowest BCUT2D eigenvalue weighted by atomic mass is 10.2. The largest absolute Gasteiger partial charge is 0.350 e. The van der Waals surface area contributed by atoms with Gasteiger partial charge in [-0.2, -0.15) is 0 Å². The van der Waals surface area contributed by atoms with Gasteiger partial charge in [-0.05, 0) is 42.8 Å². The Bertz CT molecular complexity index is 644. The molecule has 2 rings (SSSR count). The third-order valence-electron chi connectivity index (χ3n) is 3.04. The number of pyridine rings is 1. The second-order valence-electron chi connectivity index (χ2n) is 4.78. The minimum absolute atomic E-state index is 0.299. The summed E-state index contributed by atoms with van der Waals surface area (Å²) in [6.07, 6.45) is 3.30. The number of hydrogen-bond donors (Lipinski definition) is 2. The number of rotatable bonds is 5. The number of carbonyl (C=O) groups is 2. The van der Waals surface area contributed by atoms with Crippen LogP contribution in [0.5, 0.6) is 0 Å². The van der Waals surface area contributed by atoms with E-state index in [9.17, 15) is 14.0 Å². The van der Waals surface area contributed by atoms with Crippen LogP contribution in [0.15, 0.2) is 48.8 Å². The Morgan fingerprint density at radius 1 is 1.23 bits per heavy atom. The Morgan fingerprint density at radius 2 is 1.95 bits per heavy atom. The summed E-state index contributed by atoms with van der Waals surface area (Å²) in [7, 11) is 0. The first kappa shape index (κ1) is 15.6. The Kier molecular flexibility index (Phi) is 5.19. The number of halogens is 1. The third-order valence-corrected chi connectivity index (χ3v) is 3.04. The minimum atomic E-state index is -0.700. The average Bonchev–Trinajstić information content (AvgIpc) is 2.54. The molecule has 114 valence electrons. The van der Waals surface area contributed by atoms with Crippen molar-refractivity contribution in [3.05, 3.63) is 65.7 Å². The molecule has 0 unspecified atom stereocenters. The fourth-order valence-electron chi connectivity index (χ4n) is 1.79. The van der Waals surface area contributed by atoms with E-state index in [0.717, 1.165) is 5.56 Å². The van der Waals surface area contributed by atoms with Crippen molar-refractivity contribution < 1.29 is 14.0 Å². The molecule has 22 heavy (non-hydrogen) atoms. The highest BCUT2D eigenvalue weighted by atomic mass is 19.1. The van der Waals surface area contributed by atoms with Gasteiger partial charge in [-0.25, -0.2) is 4.39 Å². The van der Waals surface area contributed by atoms with Crippen LogP contribution in [0.4, 0.5) is 4.39 Å². The van der Waals surface area contributed by atoms with Gasteiger partial charge in [0.2, 0.25) is 5.91 Å². The molecule has 2 amide bonds. The number of amides is 2. The van der Waals surface area contributed by atoms with Crippen molar-refractivity contribution in [1.29, 1.82) is 0 Å². The van der Waals surface area contributed by atoms with Crippen LogP contribution in [0, 0.1) is 5.82 Å². The summed E-state index contributed by atoms with van der Waals surface area (Å²) < 4.78 is 12.8. The maximum atomic E-state index is 12.8. The smallest absolute Gasteiger partial charge is 0.251 e. The highest BCUT2D eigenvalue weighted by Crippen LogP contribution is 2.03. The second kappa shape index (κ2) is 7.31. The molecule has 1 aromatic heterocycles. The number of carbonyl (C=O) groups excluding carboxylic acids is 2. The molecule has 0 spiro atoms. The predicted molar refractivity (Wildman–Crippen MR) is 79.4 cm³/mol. The van der Waals surface area contributed by atoms with Crippen LogP contribution in [-0.4, -0.2) is 22.8 Å². The van der Waals surface area contributed by atoms with Crippen LogP contribution in [0.3, 0.4) is 0 Å². The number of aromatic nitrogens is 1. The van der Waals surface area contributed by atoms with E-state index >= 15 is 0 Å². The molecular formula is C16H16FN3O2. The summed E-state index contributed by atoms with van der Waals surface area (Å²) in [6.45, 7) is 1.92. The quantitative estimate of drug-likeness (QED) is 0.882. The number of hydrogen-bond acceptors (Lipinski definition) is 3. The highest BCUT2D eigenvalue weighted by molar-refractivity contribution is 5.97. The normalized spacial score (nSPS) is 11.5. The number of benzene rings is 1. The highest BCUT2D eigenvalue weighted by Gasteiger charge is 2.16. The summed E-state index contributed by atoms with van der Waals surface area (Å²) in [5, 5.41) is 5.27. The van der Waals surface area contributed by atoms with E-state index in [4.69, 9.17) is 0 Å². The predicted octanol–water partition coefficient (Wildman–Crippen LogP) is 1.66. The molecule has 0 saturated carbocycles. The van der Waals surface area contributed by atoms with Gasteiger partial charge < -0.3 is 10.6 Å². The van der Waals surface area contributed by atoms with Gasteiger partial charge in [-0.1, -0.05) is 6.07 Å². The monoisotopic (exact) mass is 301 g/mol. The van der Waals surface area contributed by atoms with Gasteiger partial charge in [-0.15, -0.1) is 0 Å². The van der Waals surface area contributed by atoms with Crippen LogP contribution in [0.1, 0.15) is 22.8 Å². The van der Waals surface area contributed by atoms with E-state index < -0.39 is 17.8 Å². The van der Waals surface area contributed by atoms with Crippen molar-refractivity contribution in [3.8, 4) is 0 Å². The zero-order valence-corrected chi connectivity index (χ0v) is 12.0. The maximum absolute atomic E-state index is 12.8. The second-order valence-corrected chi connectivity index (χ2v) is 4.78. The lowest BCUT2D eigenvalue weighted by Crippen LogP contribution is -2.44. The minimum Gasteiger partial charge on any atom is -0.350 e. The zero-order chi connectivity index (χ0) is 15.9. The molecule has 0 aliphatic heterocycles. The standard InChI is InChI=1S/C16H16FN3O2/c1-11(15(21)19-10-12-3-2-8-18-9-12)20-16(22)13-4-6-14(17)7-5-13/h2-9,11H,10H2,1H3,(H,19,21)(H,20,22)/t11-/m1/s1. The van der Waals surface area contributed by atoms with E-state index in [0.29, 0.717) is 12.1 Å². The van der Waals surface area contributed by atoms with Crippen LogP contribution in [-0.2, 0) is 11.3 Å². The Morgan fingerprint density at radius 3 is 2.59 bits per heavy atom. The summed E-state index contributed by atoms with van der Waals surface area (Å²) >= 11 is 0. The van der Waals surface area contributed by atoms with Crippen LogP contribution in [0.2, 0.25) is 0 Å². The van der Waals surface area contributed by atoms with E-state index in [1.165, 1.54) is 24.3 Å². The number of nitrogens with one attached hydrogen (secondary N) is 2. The van der Waals surface area contributed by atoms with Gasteiger partial charge in [0.15, 0.2) is 0 Å². The van der Waals surface area contributed by atoms with Gasteiger partial charge >= 0.3 is 0 Å². The summed E-state index contributed by atoms with van der Waals surface area (Å²) in [5.41, 5.74) is 1.17. The average molecular weight is 301 g/mol. The molecule has 0 fully saturated rings. The molecule has 1 aromatic carbocycles. The SMILES string of the molecule is C[C@@H](NC(=O)c1ccc(F)cc1)C(=O)NCc1cccnc1. The van der Waals surface area contributed by atoms with Gasteiger partial charge in [0, 0.05) is 24.5 Å². The van der Waals surface area contributed by atoms with Crippen LogP contribution in [0.25, 0.3) is 0 Å². The summed E-state index contributed by atoms with van der Waals surface area (Å²) in [4.78, 5) is 27.8. The molecule has 2 N–H and O–H groups in total. The van der Waals surface area contributed by atoms with Crippen LogP contribution < -0.4 is 10.6 Å². The Hall–Kier alpha value is -2.76. The van der Waals surface area contributed by atoms with E-state index in [-0.39, 0.29) is 5.91 Å². The van der Waals surface area contributed by atoms with Crippen molar-refractivity contribution in [1.82, 2.24) is 15.6 Å². The molecule has 1 atom stereocenters. The number of nitrogens with zero attached hydrogens (tertiary/aromatic N) is 1. The zero-order valence-electron chi connectivity index (χ0n) is 12.0. The molecular weight excluding hydrogens is 285 g/mol. The lowest BCUT2D eigenvalue weighted by Gasteiger charge is -2.14. The molecule has 1 heterocycles. The maximum Gasteiger partial charge on any atom is 0.251 e. The first-order valence-corrected chi connectivity index (χ1v) is 6.79. The molecule has 0 radical (unpaired) electrons. The van der Waals surface area contributed by atoms with Gasteiger partial charge in [0.05, 0.1) is 0 Å². The molecule has 6 heteroatoms. The van der Waals surface area contributed by atoms with E-state index in [1.54, 1.807) is 25.4 Å². The molecule has 0 aliphatic rings. The van der Waals surface area contributed by atoms with Crippen molar-refractivity contribution in [3.63, 3.8) is 0 Å². The van der Waals surface area contributed by atoms with Crippen molar-refractivity contribution >= 4 is 11.8 Å². The Balaban J connectivity index is 1.85. The van der Waals surface area contributed by atoms with Crippen LogP contribution >= 0.6 is 0 Å². The van der Waals surface area contributed by atoms with Gasteiger partial charge in [-0.3, -0.25) is 14.6 Å². The summed E-state index contributed by atoms with van der Waals surface area (Å²) in [5.74, 6) is -1.15. The van der Waals surface area contributed by atoms with Gasteiger partial charge in [0.1, 0.15) is 11.9 Å². The molecule has 0 aliphatic carbocycles. The van der Waals surface area contributed by atoms with Crippen molar-refractivity contribution in [2.24, 2.45) is 0 Å². The molecule has 5 nitrogen and oxygen atoms in total. The summed E-state index contributed by atoms with van der Waals surface area (Å²) in [6, 6.07) is 8.05. The third kappa shape index (κ3) is 4.37. The Labute approximate surface area is 127 Å². The molecule has 0 bridgehead atoms. The van der Waals surface area contributed by atoms with Crippen molar-refractivity contribution in [2.75, 3.05) is 0 Å². The van der Waals surface area contributed by atoms with Crippen molar-refractivity contribution in [2.45, 2.75) is 19.5 Å². The fraction of sp³-hybridized carbons (Fsp3) is 0.188. The van der Waals surface area contributed by atoms with Gasteiger partial charge in [0.25, 0.3) is 5.91 Å². The topological polar surface area (TPSA) is 71.1 Å². The lowest BCUT2D eigenvalue weighted by molar-refractivity contribution is -0.122.